The maximum Gasteiger partial charge on any atom is 0.161 e. The van der Waals surface area contributed by atoms with Gasteiger partial charge in [0.05, 0.1) is 19.9 Å². The Morgan fingerprint density at radius 1 is 0.703 bits per heavy atom. The molecule has 1 aliphatic heterocycles. The number of nitrogens with zero attached hydrogens (tertiary/aromatic N) is 1. The third-order valence-corrected chi connectivity index (χ3v) is 7.00. The van der Waals surface area contributed by atoms with Crippen LogP contribution in [0.1, 0.15) is 39.3 Å². The predicted octanol–water partition coefficient (Wildman–Crippen LogP) is 7.97. The minimum absolute atomic E-state index is 0.0514. The van der Waals surface area contributed by atoms with Gasteiger partial charge in [-0.1, -0.05) is 48.5 Å². The van der Waals surface area contributed by atoms with E-state index in [2.05, 4.69) is 75.4 Å². The molecular weight excluding hydrogens is 458 g/mol. The van der Waals surface area contributed by atoms with Crippen LogP contribution in [-0.4, -0.2) is 20.4 Å². The number of para-hydroxylation sites is 1. The Hall–Kier alpha value is -4.31. The molecule has 4 nitrogen and oxygen atoms in total. The lowest BCUT2D eigenvalue weighted by atomic mass is 9.80. The molecule has 0 fully saturated rings. The van der Waals surface area contributed by atoms with Gasteiger partial charge in [0.15, 0.2) is 11.5 Å². The smallest absolute Gasteiger partial charge is 0.161 e. The van der Waals surface area contributed by atoms with E-state index < -0.39 is 0 Å². The van der Waals surface area contributed by atoms with E-state index >= 15 is 0 Å². The second kappa shape index (κ2) is 10.4. The molecule has 0 saturated heterocycles. The molecule has 1 heterocycles. The van der Waals surface area contributed by atoms with Crippen molar-refractivity contribution in [2.75, 3.05) is 14.2 Å². The molecular formula is C33H31NO3. The Morgan fingerprint density at radius 2 is 1.43 bits per heavy atom. The number of aliphatic imine (C=N–C) groups is 1. The zero-order valence-corrected chi connectivity index (χ0v) is 21.9. The van der Waals surface area contributed by atoms with Crippen LogP contribution < -0.4 is 14.2 Å². The molecule has 0 saturated carbocycles. The summed E-state index contributed by atoms with van der Waals surface area (Å²) in [7, 11) is 3.28. The van der Waals surface area contributed by atoms with E-state index in [1.807, 2.05) is 36.5 Å². The van der Waals surface area contributed by atoms with E-state index in [0.717, 1.165) is 33.9 Å². The van der Waals surface area contributed by atoms with Gasteiger partial charge in [0.1, 0.15) is 11.5 Å². The quantitative estimate of drug-likeness (QED) is 0.258. The molecule has 186 valence electrons. The Bertz CT molecular complexity index is 1520. The van der Waals surface area contributed by atoms with Crippen LogP contribution in [0.4, 0.5) is 5.69 Å². The van der Waals surface area contributed by atoms with E-state index in [1.165, 1.54) is 22.3 Å². The van der Waals surface area contributed by atoms with Gasteiger partial charge in [-0.05, 0) is 79.4 Å². The molecule has 1 atom stereocenters. The Balaban J connectivity index is 1.76. The maximum absolute atomic E-state index is 6.62. The summed E-state index contributed by atoms with van der Waals surface area (Å²) >= 11 is 0. The lowest BCUT2D eigenvalue weighted by molar-refractivity contribution is 0.354. The number of ether oxygens (including phenoxy) is 3. The third-order valence-electron chi connectivity index (χ3n) is 7.00. The summed E-state index contributed by atoms with van der Waals surface area (Å²) in [5.41, 5.74) is 8.80. The number of rotatable bonds is 6. The van der Waals surface area contributed by atoms with Crippen LogP contribution in [0.25, 0.3) is 5.76 Å². The fourth-order valence-corrected chi connectivity index (χ4v) is 4.81. The van der Waals surface area contributed by atoms with Gasteiger partial charge >= 0.3 is 0 Å². The lowest BCUT2D eigenvalue weighted by Crippen LogP contribution is -2.18. The first-order valence-corrected chi connectivity index (χ1v) is 12.4. The van der Waals surface area contributed by atoms with Gasteiger partial charge in [0, 0.05) is 28.8 Å². The van der Waals surface area contributed by atoms with Crippen LogP contribution in [0.15, 0.2) is 95.5 Å². The highest BCUT2D eigenvalue weighted by Crippen LogP contribution is 2.46. The van der Waals surface area contributed by atoms with Gasteiger partial charge in [-0.3, -0.25) is 4.99 Å². The minimum Gasteiger partial charge on any atom is -0.493 e. The number of benzene rings is 4. The molecule has 4 aromatic carbocycles. The molecule has 4 heteroatoms. The first-order valence-electron chi connectivity index (χ1n) is 12.4. The van der Waals surface area contributed by atoms with Crippen molar-refractivity contribution in [3.63, 3.8) is 0 Å². The number of allylic oxidation sites excluding steroid dienone is 1. The normalized spacial score (nSPS) is 14.9. The molecule has 1 aliphatic rings. The van der Waals surface area contributed by atoms with Gasteiger partial charge in [0.25, 0.3) is 0 Å². The second-order valence-corrected chi connectivity index (χ2v) is 9.31. The van der Waals surface area contributed by atoms with E-state index in [0.29, 0.717) is 11.5 Å². The van der Waals surface area contributed by atoms with Crippen molar-refractivity contribution >= 4 is 17.7 Å². The third kappa shape index (κ3) is 4.75. The second-order valence-electron chi connectivity index (χ2n) is 9.31. The van der Waals surface area contributed by atoms with Crippen LogP contribution in [-0.2, 0) is 0 Å². The topological polar surface area (TPSA) is 40.0 Å². The van der Waals surface area contributed by atoms with Crippen molar-refractivity contribution in [3.8, 4) is 17.2 Å². The number of hydrogen-bond acceptors (Lipinski definition) is 4. The highest BCUT2D eigenvalue weighted by Gasteiger charge is 2.32. The summed E-state index contributed by atoms with van der Waals surface area (Å²) in [6, 6.07) is 28.9. The summed E-state index contributed by atoms with van der Waals surface area (Å²) < 4.78 is 17.7. The van der Waals surface area contributed by atoms with Gasteiger partial charge in [0.2, 0.25) is 0 Å². The Morgan fingerprint density at radius 3 is 2.16 bits per heavy atom. The summed E-state index contributed by atoms with van der Waals surface area (Å²) in [5, 5.41) is 0. The number of aryl methyl sites for hydroxylation is 3. The predicted molar refractivity (Wildman–Crippen MR) is 151 cm³/mol. The molecule has 0 aromatic heterocycles. The van der Waals surface area contributed by atoms with E-state index in [9.17, 15) is 0 Å². The highest BCUT2D eigenvalue weighted by atomic mass is 16.5. The minimum atomic E-state index is -0.0514. The fraction of sp³-hybridized carbons (Fsp3) is 0.182. The average Bonchev–Trinajstić information content (AvgIpc) is 2.93. The SMILES string of the molecule is COc1ccc(C2=C(C=Nc3ccc(C)c(C)c3)[C@H](c3ccccc3C)c3ccccc3O2)cc1OC. The van der Waals surface area contributed by atoms with Crippen molar-refractivity contribution in [1.82, 2.24) is 0 Å². The number of fused-ring (bicyclic) bond motifs is 1. The largest absolute Gasteiger partial charge is 0.493 e. The molecule has 0 amide bonds. The first kappa shape index (κ1) is 24.4. The Kier molecular flexibility index (Phi) is 6.82. The molecule has 4 aromatic rings. The lowest BCUT2D eigenvalue weighted by Gasteiger charge is -2.31. The van der Waals surface area contributed by atoms with Gasteiger partial charge in [-0.25, -0.2) is 0 Å². The average molecular weight is 490 g/mol. The van der Waals surface area contributed by atoms with E-state index in [4.69, 9.17) is 19.2 Å². The van der Waals surface area contributed by atoms with Gasteiger partial charge < -0.3 is 14.2 Å². The number of methoxy groups -OCH3 is 2. The molecule has 0 bridgehead atoms. The molecule has 0 radical (unpaired) electrons. The maximum atomic E-state index is 6.62. The Labute approximate surface area is 218 Å². The fourth-order valence-electron chi connectivity index (χ4n) is 4.81. The number of hydrogen-bond donors (Lipinski definition) is 0. The van der Waals surface area contributed by atoms with Crippen molar-refractivity contribution in [3.05, 3.63) is 124 Å². The summed E-state index contributed by atoms with van der Waals surface area (Å²) in [4.78, 5) is 4.94. The summed E-state index contributed by atoms with van der Waals surface area (Å²) in [6.45, 7) is 6.38. The monoisotopic (exact) mass is 489 g/mol. The summed E-state index contributed by atoms with van der Waals surface area (Å²) in [5.74, 6) is 2.85. The van der Waals surface area contributed by atoms with E-state index in [1.54, 1.807) is 14.2 Å². The first-order chi connectivity index (χ1) is 18.0. The standard InChI is InChI=1S/C33H31NO3/c1-21-14-16-25(18-23(21)3)34-20-28-32(26-11-7-6-10-22(26)2)27-12-8-9-13-29(27)37-33(28)24-15-17-30(35-4)31(19-24)36-5/h6-20,32H,1-5H3/t32-/m1/s1. The zero-order chi connectivity index (χ0) is 25.9. The molecule has 0 aliphatic carbocycles. The molecule has 5 rings (SSSR count). The van der Waals surface area contributed by atoms with Crippen LogP contribution in [0.5, 0.6) is 17.2 Å². The van der Waals surface area contributed by atoms with Gasteiger partial charge in [-0.2, -0.15) is 0 Å². The molecule has 0 unspecified atom stereocenters. The van der Waals surface area contributed by atoms with Crippen molar-refractivity contribution < 1.29 is 14.2 Å². The van der Waals surface area contributed by atoms with Crippen LogP contribution in [0.3, 0.4) is 0 Å². The van der Waals surface area contributed by atoms with Crippen molar-refractivity contribution in [2.45, 2.75) is 26.7 Å². The van der Waals surface area contributed by atoms with Crippen LogP contribution in [0.2, 0.25) is 0 Å². The van der Waals surface area contributed by atoms with Crippen LogP contribution in [0, 0.1) is 20.8 Å². The molecule has 37 heavy (non-hydrogen) atoms. The zero-order valence-electron chi connectivity index (χ0n) is 21.9. The van der Waals surface area contributed by atoms with Crippen molar-refractivity contribution in [1.29, 1.82) is 0 Å². The molecule has 0 spiro atoms. The van der Waals surface area contributed by atoms with Gasteiger partial charge in [-0.15, -0.1) is 0 Å². The summed E-state index contributed by atoms with van der Waals surface area (Å²) in [6.07, 6.45) is 1.96. The highest BCUT2D eigenvalue weighted by molar-refractivity contribution is 5.95. The van der Waals surface area contributed by atoms with E-state index in [-0.39, 0.29) is 5.92 Å². The van der Waals surface area contributed by atoms with Crippen LogP contribution >= 0.6 is 0 Å². The molecule has 0 N–H and O–H groups in total. The van der Waals surface area contributed by atoms with Crippen molar-refractivity contribution in [2.24, 2.45) is 4.99 Å².